The zero-order valence-electron chi connectivity index (χ0n) is 13.8. The minimum Gasteiger partial charge on any atom is -0.385 e. The molecular formula is C16H32N2O2. The normalized spacial score (nSPS) is 20.8. The van der Waals surface area contributed by atoms with Crippen LogP contribution < -0.4 is 10.6 Å². The van der Waals surface area contributed by atoms with Gasteiger partial charge in [0.05, 0.1) is 0 Å². The Morgan fingerprint density at radius 3 is 2.60 bits per heavy atom. The highest BCUT2D eigenvalue weighted by atomic mass is 16.5. The van der Waals surface area contributed by atoms with Gasteiger partial charge in [0.2, 0.25) is 5.91 Å². The fourth-order valence-corrected chi connectivity index (χ4v) is 2.67. The molecule has 2 N–H and O–H groups in total. The van der Waals surface area contributed by atoms with Crippen molar-refractivity contribution in [3.63, 3.8) is 0 Å². The van der Waals surface area contributed by atoms with E-state index in [9.17, 15) is 4.79 Å². The smallest absolute Gasteiger partial charge is 0.226 e. The third-order valence-electron chi connectivity index (χ3n) is 4.61. The number of amides is 1. The summed E-state index contributed by atoms with van der Waals surface area (Å²) in [6.45, 7) is 12.0. The van der Waals surface area contributed by atoms with Crippen LogP contribution in [0.1, 0.15) is 47.0 Å². The molecule has 0 aromatic rings. The first-order valence-corrected chi connectivity index (χ1v) is 7.77. The minimum atomic E-state index is -0.301. The summed E-state index contributed by atoms with van der Waals surface area (Å²) in [6, 6.07) is 0. The maximum absolute atomic E-state index is 12.5. The summed E-state index contributed by atoms with van der Waals surface area (Å²) in [7, 11) is 1.72. The number of piperidine rings is 1. The van der Waals surface area contributed by atoms with Crippen LogP contribution in [0.3, 0.4) is 0 Å². The third kappa shape index (κ3) is 5.06. The molecule has 1 heterocycles. The van der Waals surface area contributed by atoms with Crippen LogP contribution in [0.15, 0.2) is 0 Å². The van der Waals surface area contributed by atoms with E-state index in [0.29, 0.717) is 12.5 Å². The summed E-state index contributed by atoms with van der Waals surface area (Å²) >= 11 is 0. The second kappa shape index (κ2) is 7.41. The number of hydrogen-bond donors (Lipinski definition) is 2. The molecule has 4 nitrogen and oxygen atoms in total. The highest BCUT2D eigenvalue weighted by molar-refractivity contribution is 5.82. The Morgan fingerprint density at radius 2 is 2.05 bits per heavy atom. The van der Waals surface area contributed by atoms with Gasteiger partial charge in [-0.3, -0.25) is 4.79 Å². The average molecular weight is 284 g/mol. The zero-order valence-corrected chi connectivity index (χ0v) is 13.8. The van der Waals surface area contributed by atoms with Crippen molar-refractivity contribution in [1.29, 1.82) is 0 Å². The Hall–Kier alpha value is -0.610. The number of hydrogen-bond acceptors (Lipinski definition) is 3. The van der Waals surface area contributed by atoms with Gasteiger partial charge in [-0.2, -0.15) is 0 Å². The molecule has 1 atom stereocenters. The molecule has 1 unspecified atom stereocenters. The van der Waals surface area contributed by atoms with E-state index in [-0.39, 0.29) is 16.7 Å². The number of carbonyl (C=O) groups excluding carboxylic acids is 1. The summed E-state index contributed by atoms with van der Waals surface area (Å²) in [6.07, 6.45) is 3.26. The number of carbonyl (C=O) groups is 1. The van der Waals surface area contributed by atoms with Gasteiger partial charge in [0, 0.05) is 25.7 Å². The van der Waals surface area contributed by atoms with E-state index in [1.54, 1.807) is 7.11 Å². The van der Waals surface area contributed by atoms with Crippen LogP contribution in [0.2, 0.25) is 0 Å². The first kappa shape index (κ1) is 17.4. The summed E-state index contributed by atoms with van der Waals surface area (Å²) in [4.78, 5) is 12.5. The molecule has 0 aromatic heterocycles. The Balaban J connectivity index is 2.47. The van der Waals surface area contributed by atoms with Crippen molar-refractivity contribution < 1.29 is 9.53 Å². The van der Waals surface area contributed by atoms with E-state index in [4.69, 9.17) is 4.74 Å². The number of methoxy groups -OCH3 is 1. The molecule has 118 valence electrons. The summed E-state index contributed by atoms with van der Waals surface area (Å²) in [5.74, 6) is 0.607. The highest BCUT2D eigenvalue weighted by Crippen LogP contribution is 2.32. The fourth-order valence-electron chi connectivity index (χ4n) is 2.67. The van der Waals surface area contributed by atoms with Crippen molar-refractivity contribution in [2.24, 2.45) is 16.7 Å². The predicted octanol–water partition coefficient (Wildman–Crippen LogP) is 2.19. The molecule has 1 fully saturated rings. The van der Waals surface area contributed by atoms with E-state index < -0.39 is 0 Å². The number of rotatable bonds is 7. The minimum absolute atomic E-state index is 0.0760. The lowest BCUT2D eigenvalue weighted by molar-refractivity contribution is -0.133. The molecule has 1 amide bonds. The summed E-state index contributed by atoms with van der Waals surface area (Å²) in [5.41, 5.74) is -0.225. The van der Waals surface area contributed by atoms with Gasteiger partial charge in [0.1, 0.15) is 0 Å². The van der Waals surface area contributed by atoms with Crippen LogP contribution in [0.5, 0.6) is 0 Å². The molecule has 4 heteroatoms. The van der Waals surface area contributed by atoms with Gasteiger partial charge in [-0.05, 0) is 43.7 Å². The van der Waals surface area contributed by atoms with Crippen molar-refractivity contribution in [3.05, 3.63) is 0 Å². The van der Waals surface area contributed by atoms with E-state index in [1.165, 1.54) is 6.42 Å². The van der Waals surface area contributed by atoms with Gasteiger partial charge in [-0.1, -0.05) is 27.7 Å². The van der Waals surface area contributed by atoms with Gasteiger partial charge in [0.25, 0.3) is 0 Å². The largest absolute Gasteiger partial charge is 0.385 e. The molecule has 0 aliphatic carbocycles. The number of ether oxygens (including phenoxy) is 1. The van der Waals surface area contributed by atoms with Crippen LogP contribution in [-0.2, 0) is 9.53 Å². The quantitative estimate of drug-likeness (QED) is 0.753. The molecule has 0 aromatic carbocycles. The Kier molecular flexibility index (Phi) is 6.46. The topological polar surface area (TPSA) is 50.4 Å². The van der Waals surface area contributed by atoms with Crippen molar-refractivity contribution in [2.75, 3.05) is 33.4 Å². The zero-order chi connectivity index (χ0) is 15.2. The molecule has 1 rings (SSSR count). The van der Waals surface area contributed by atoms with Gasteiger partial charge in [-0.15, -0.1) is 0 Å². The number of nitrogens with one attached hydrogen (secondary N) is 2. The standard InChI is InChI=1S/C16H32N2O2/c1-15(2,8-10-20-5)12-18-14(19)16(3,4)13-7-6-9-17-11-13/h13,17H,6-12H2,1-5H3,(H,18,19). The van der Waals surface area contributed by atoms with E-state index in [1.807, 2.05) is 0 Å². The lowest BCUT2D eigenvalue weighted by Crippen LogP contribution is -2.49. The lowest BCUT2D eigenvalue weighted by Gasteiger charge is -2.37. The van der Waals surface area contributed by atoms with Crippen LogP contribution in [-0.4, -0.2) is 39.3 Å². The monoisotopic (exact) mass is 284 g/mol. The third-order valence-corrected chi connectivity index (χ3v) is 4.61. The van der Waals surface area contributed by atoms with Crippen LogP contribution in [0, 0.1) is 16.7 Å². The maximum atomic E-state index is 12.5. The molecule has 1 aliphatic rings. The molecule has 0 saturated carbocycles. The van der Waals surface area contributed by atoms with Crippen LogP contribution >= 0.6 is 0 Å². The molecule has 20 heavy (non-hydrogen) atoms. The van der Waals surface area contributed by atoms with Crippen molar-refractivity contribution >= 4 is 5.91 Å². The lowest BCUT2D eigenvalue weighted by atomic mass is 9.74. The van der Waals surface area contributed by atoms with Crippen molar-refractivity contribution in [3.8, 4) is 0 Å². The van der Waals surface area contributed by atoms with Crippen molar-refractivity contribution in [2.45, 2.75) is 47.0 Å². The van der Waals surface area contributed by atoms with E-state index in [2.05, 4.69) is 38.3 Å². The Morgan fingerprint density at radius 1 is 1.35 bits per heavy atom. The van der Waals surface area contributed by atoms with Gasteiger partial charge in [0.15, 0.2) is 0 Å². The average Bonchev–Trinajstić information content (AvgIpc) is 2.43. The molecular weight excluding hydrogens is 252 g/mol. The van der Waals surface area contributed by atoms with Crippen molar-refractivity contribution in [1.82, 2.24) is 10.6 Å². The second-order valence-corrected chi connectivity index (χ2v) is 7.35. The van der Waals surface area contributed by atoms with E-state index >= 15 is 0 Å². The van der Waals surface area contributed by atoms with Crippen LogP contribution in [0.4, 0.5) is 0 Å². The SMILES string of the molecule is COCCC(C)(C)CNC(=O)C(C)(C)C1CCCNC1. The van der Waals surface area contributed by atoms with Crippen LogP contribution in [0.25, 0.3) is 0 Å². The molecule has 0 spiro atoms. The maximum Gasteiger partial charge on any atom is 0.226 e. The molecule has 1 aliphatic heterocycles. The van der Waals surface area contributed by atoms with E-state index in [0.717, 1.165) is 32.5 Å². The Bertz CT molecular complexity index is 308. The summed E-state index contributed by atoms with van der Waals surface area (Å²) in [5, 5.41) is 6.55. The first-order chi connectivity index (χ1) is 9.29. The molecule has 1 saturated heterocycles. The van der Waals surface area contributed by atoms with Gasteiger partial charge < -0.3 is 15.4 Å². The summed E-state index contributed by atoms with van der Waals surface area (Å²) < 4.78 is 5.13. The predicted molar refractivity (Wildman–Crippen MR) is 82.7 cm³/mol. The second-order valence-electron chi connectivity index (χ2n) is 7.35. The van der Waals surface area contributed by atoms with Gasteiger partial charge in [-0.25, -0.2) is 0 Å². The molecule has 0 bridgehead atoms. The fraction of sp³-hybridized carbons (Fsp3) is 0.938. The molecule has 0 radical (unpaired) electrons. The van der Waals surface area contributed by atoms with Gasteiger partial charge >= 0.3 is 0 Å². The Labute approximate surface area is 124 Å². The highest BCUT2D eigenvalue weighted by Gasteiger charge is 2.37. The first-order valence-electron chi connectivity index (χ1n) is 7.77.